The maximum Gasteiger partial charge on any atom is 0.409 e. The Balaban J connectivity index is 1.74. The summed E-state index contributed by atoms with van der Waals surface area (Å²) in [4.78, 5) is 15.8. The van der Waals surface area contributed by atoms with Crippen LogP contribution in [-0.4, -0.2) is 65.9 Å². The maximum atomic E-state index is 11.6. The molecule has 1 amide bonds. The average Bonchev–Trinajstić information content (AvgIpc) is 2.40. The molecule has 0 aromatic heterocycles. The van der Waals surface area contributed by atoms with E-state index < -0.39 is 0 Å². The number of aliphatic hydroxyl groups is 1. The molecule has 2 aliphatic rings. The molecule has 18 heavy (non-hydrogen) atoms. The van der Waals surface area contributed by atoms with Crippen LogP contribution >= 0.6 is 0 Å². The van der Waals surface area contributed by atoms with Gasteiger partial charge in [-0.05, 0) is 32.6 Å². The molecular formula is C13H24N2O3. The highest BCUT2D eigenvalue weighted by molar-refractivity contribution is 5.67. The number of nitrogens with zero attached hydrogens (tertiary/aromatic N) is 2. The second kappa shape index (κ2) is 6.38. The van der Waals surface area contributed by atoms with Crippen molar-refractivity contribution in [2.45, 2.75) is 44.8 Å². The van der Waals surface area contributed by atoms with E-state index in [2.05, 4.69) is 4.90 Å². The van der Waals surface area contributed by atoms with E-state index in [0.29, 0.717) is 12.6 Å². The number of aliphatic hydroxyl groups excluding tert-OH is 1. The monoisotopic (exact) mass is 256 g/mol. The molecule has 5 nitrogen and oxygen atoms in total. The maximum absolute atomic E-state index is 11.6. The molecule has 1 aliphatic heterocycles. The van der Waals surface area contributed by atoms with E-state index in [0.717, 1.165) is 51.9 Å². The minimum absolute atomic E-state index is 0.0953. The van der Waals surface area contributed by atoms with Crippen LogP contribution in [0.15, 0.2) is 0 Å². The van der Waals surface area contributed by atoms with Gasteiger partial charge in [0.15, 0.2) is 0 Å². The number of amides is 1. The third-order valence-electron chi connectivity index (χ3n) is 4.02. The molecule has 1 saturated heterocycles. The van der Waals surface area contributed by atoms with Gasteiger partial charge in [-0.2, -0.15) is 0 Å². The number of hydrogen-bond acceptors (Lipinski definition) is 4. The van der Waals surface area contributed by atoms with Gasteiger partial charge >= 0.3 is 6.09 Å². The second-order valence-corrected chi connectivity index (χ2v) is 5.18. The first kappa shape index (κ1) is 13.6. The number of carbonyl (C=O) groups is 1. The van der Waals surface area contributed by atoms with Gasteiger partial charge < -0.3 is 14.7 Å². The molecule has 104 valence electrons. The summed E-state index contributed by atoms with van der Waals surface area (Å²) < 4.78 is 5.01. The van der Waals surface area contributed by atoms with Gasteiger partial charge in [-0.3, -0.25) is 4.90 Å². The van der Waals surface area contributed by atoms with Crippen molar-refractivity contribution >= 4 is 6.09 Å². The van der Waals surface area contributed by atoms with Crippen molar-refractivity contribution in [3.05, 3.63) is 0 Å². The van der Waals surface area contributed by atoms with Crippen LogP contribution < -0.4 is 0 Å². The molecule has 1 N–H and O–H groups in total. The smallest absolute Gasteiger partial charge is 0.409 e. The number of ether oxygens (including phenoxy) is 1. The third kappa shape index (κ3) is 3.36. The number of rotatable bonds is 2. The molecule has 0 aromatic rings. The first-order chi connectivity index (χ1) is 8.70. The van der Waals surface area contributed by atoms with E-state index in [4.69, 9.17) is 4.74 Å². The SMILES string of the molecule is CCOC(=O)N1CCN(C2CCC(O)CC2)CC1. The molecule has 1 aliphatic carbocycles. The lowest BCUT2D eigenvalue weighted by molar-refractivity contribution is 0.0380. The van der Waals surface area contributed by atoms with E-state index in [1.54, 1.807) is 4.90 Å². The largest absolute Gasteiger partial charge is 0.450 e. The molecule has 0 unspecified atom stereocenters. The molecule has 0 spiro atoms. The Morgan fingerprint density at radius 1 is 1.17 bits per heavy atom. The van der Waals surface area contributed by atoms with Crippen molar-refractivity contribution in [1.82, 2.24) is 9.80 Å². The normalized spacial score (nSPS) is 30.2. The molecule has 1 saturated carbocycles. The van der Waals surface area contributed by atoms with Gasteiger partial charge in [0.2, 0.25) is 0 Å². The first-order valence-electron chi connectivity index (χ1n) is 7.04. The average molecular weight is 256 g/mol. The van der Waals surface area contributed by atoms with Crippen molar-refractivity contribution in [2.24, 2.45) is 0 Å². The zero-order chi connectivity index (χ0) is 13.0. The molecule has 0 aromatic carbocycles. The second-order valence-electron chi connectivity index (χ2n) is 5.18. The summed E-state index contributed by atoms with van der Waals surface area (Å²) in [6.45, 7) is 5.66. The van der Waals surface area contributed by atoms with Crippen molar-refractivity contribution in [1.29, 1.82) is 0 Å². The molecule has 0 bridgehead atoms. The highest BCUT2D eigenvalue weighted by Crippen LogP contribution is 2.24. The van der Waals surface area contributed by atoms with E-state index in [-0.39, 0.29) is 12.2 Å². The molecule has 0 radical (unpaired) electrons. The van der Waals surface area contributed by atoms with Gasteiger partial charge in [0, 0.05) is 32.2 Å². The van der Waals surface area contributed by atoms with Crippen LogP contribution in [0.3, 0.4) is 0 Å². The quantitative estimate of drug-likeness (QED) is 0.803. The fourth-order valence-electron chi connectivity index (χ4n) is 2.91. The fourth-order valence-corrected chi connectivity index (χ4v) is 2.91. The summed E-state index contributed by atoms with van der Waals surface area (Å²) in [6, 6.07) is 0.595. The summed E-state index contributed by atoms with van der Waals surface area (Å²) in [5.74, 6) is 0. The minimum Gasteiger partial charge on any atom is -0.450 e. The Morgan fingerprint density at radius 3 is 2.33 bits per heavy atom. The van der Waals surface area contributed by atoms with E-state index >= 15 is 0 Å². The topological polar surface area (TPSA) is 53.0 Å². The Bertz CT molecular complexity index is 269. The zero-order valence-corrected chi connectivity index (χ0v) is 11.2. The lowest BCUT2D eigenvalue weighted by Gasteiger charge is -2.41. The molecule has 0 atom stereocenters. The predicted molar refractivity (Wildman–Crippen MR) is 68.4 cm³/mol. The summed E-state index contributed by atoms with van der Waals surface area (Å²) in [7, 11) is 0. The molecule has 2 fully saturated rings. The summed E-state index contributed by atoms with van der Waals surface area (Å²) in [5, 5.41) is 9.51. The summed E-state index contributed by atoms with van der Waals surface area (Å²) >= 11 is 0. The van der Waals surface area contributed by atoms with Crippen LogP contribution in [-0.2, 0) is 4.74 Å². The molecule has 1 heterocycles. The fraction of sp³-hybridized carbons (Fsp3) is 0.923. The van der Waals surface area contributed by atoms with Gasteiger partial charge in [0.1, 0.15) is 0 Å². The van der Waals surface area contributed by atoms with Crippen molar-refractivity contribution in [3.8, 4) is 0 Å². The number of hydrogen-bond donors (Lipinski definition) is 1. The number of piperazine rings is 1. The third-order valence-corrected chi connectivity index (χ3v) is 4.02. The van der Waals surface area contributed by atoms with Gasteiger partial charge in [0.05, 0.1) is 12.7 Å². The molecule has 2 rings (SSSR count). The first-order valence-corrected chi connectivity index (χ1v) is 7.04. The highest BCUT2D eigenvalue weighted by atomic mass is 16.6. The lowest BCUT2D eigenvalue weighted by Crippen LogP contribution is -2.52. The van der Waals surface area contributed by atoms with Crippen LogP contribution in [0.1, 0.15) is 32.6 Å². The van der Waals surface area contributed by atoms with Crippen LogP contribution in [0.2, 0.25) is 0 Å². The molecule has 5 heteroatoms. The Kier molecular flexibility index (Phi) is 4.83. The van der Waals surface area contributed by atoms with Crippen molar-refractivity contribution in [2.75, 3.05) is 32.8 Å². The van der Waals surface area contributed by atoms with Crippen LogP contribution in [0, 0.1) is 0 Å². The number of carbonyl (C=O) groups excluding carboxylic acids is 1. The van der Waals surface area contributed by atoms with Crippen LogP contribution in [0.4, 0.5) is 4.79 Å². The van der Waals surface area contributed by atoms with Crippen molar-refractivity contribution < 1.29 is 14.6 Å². The summed E-state index contributed by atoms with van der Waals surface area (Å²) in [5.41, 5.74) is 0. The van der Waals surface area contributed by atoms with Gasteiger partial charge in [-0.1, -0.05) is 0 Å². The lowest BCUT2D eigenvalue weighted by atomic mass is 9.91. The Morgan fingerprint density at radius 2 is 1.78 bits per heavy atom. The predicted octanol–water partition coefficient (Wildman–Crippen LogP) is 1.06. The minimum atomic E-state index is -0.184. The van der Waals surface area contributed by atoms with Gasteiger partial charge in [-0.15, -0.1) is 0 Å². The van der Waals surface area contributed by atoms with E-state index in [1.807, 2.05) is 6.92 Å². The Labute approximate surface area is 109 Å². The highest BCUT2D eigenvalue weighted by Gasteiger charge is 2.29. The standard InChI is InChI=1S/C13H24N2O3/c1-2-18-13(17)15-9-7-14(8-10-15)11-3-5-12(16)6-4-11/h11-12,16H,2-10H2,1H3. The Hall–Kier alpha value is -0.810. The van der Waals surface area contributed by atoms with Crippen molar-refractivity contribution in [3.63, 3.8) is 0 Å². The zero-order valence-electron chi connectivity index (χ0n) is 11.2. The molecular weight excluding hydrogens is 232 g/mol. The van der Waals surface area contributed by atoms with E-state index in [1.165, 1.54) is 0 Å². The van der Waals surface area contributed by atoms with Crippen LogP contribution in [0.25, 0.3) is 0 Å². The van der Waals surface area contributed by atoms with Crippen LogP contribution in [0.5, 0.6) is 0 Å². The van der Waals surface area contributed by atoms with Gasteiger partial charge in [0.25, 0.3) is 0 Å². The van der Waals surface area contributed by atoms with E-state index in [9.17, 15) is 9.90 Å². The summed E-state index contributed by atoms with van der Waals surface area (Å²) in [6.07, 6.45) is 3.73. The van der Waals surface area contributed by atoms with Gasteiger partial charge in [-0.25, -0.2) is 4.79 Å².